The van der Waals surface area contributed by atoms with Crippen LogP contribution in [0.2, 0.25) is 0 Å². The van der Waals surface area contributed by atoms with Crippen LogP contribution in [0.5, 0.6) is 0 Å². The van der Waals surface area contributed by atoms with E-state index in [2.05, 4.69) is 45.1 Å². The molecule has 0 radical (unpaired) electrons. The molecule has 1 aromatic rings. The molecule has 0 spiro atoms. The first-order valence-electron chi connectivity index (χ1n) is 6.00. The number of rotatable bonds is 2. The van der Waals surface area contributed by atoms with Gasteiger partial charge in [-0.15, -0.1) is 0 Å². The second-order valence-electron chi connectivity index (χ2n) is 5.03. The first-order valence-corrected chi connectivity index (χ1v) is 6.79. The van der Waals surface area contributed by atoms with E-state index in [1.807, 2.05) is 0 Å². The molecule has 2 N–H and O–H groups in total. The highest BCUT2D eigenvalue weighted by atomic mass is 79.9. The summed E-state index contributed by atoms with van der Waals surface area (Å²) in [5.74, 6) is 1.75. The molecule has 2 heterocycles. The Kier molecular flexibility index (Phi) is 2.68. The van der Waals surface area contributed by atoms with Gasteiger partial charge in [-0.2, -0.15) is 0 Å². The highest BCUT2D eigenvalue weighted by Crippen LogP contribution is 2.44. The maximum atomic E-state index is 5.93. The minimum absolute atomic E-state index is 0.561. The lowest BCUT2D eigenvalue weighted by Gasteiger charge is -2.54. The maximum Gasteiger partial charge on any atom is 0.0440 e. The summed E-state index contributed by atoms with van der Waals surface area (Å²) in [6, 6.07) is 9.17. The first kappa shape index (κ1) is 10.6. The normalized spacial score (nSPS) is 32.4. The van der Waals surface area contributed by atoms with Crippen molar-refractivity contribution >= 4 is 21.6 Å². The van der Waals surface area contributed by atoms with Gasteiger partial charge in [0.25, 0.3) is 0 Å². The quantitative estimate of drug-likeness (QED) is 0.903. The number of halogens is 1. The van der Waals surface area contributed by atoms with Crippen LogP contribution in [0, 0.1) is 11.8 Å². The van der Waals surface area contributed by atoms with Gasteiger partial charge in [-0.3, -0.25) is 0 Å². The van der Waals surface area contributed by atoms with Crippen LogP contribution < -0.4 is 10.6 Å². The van der Waals surface area contributed by atoms with Crippen molar-refractivity contribution in [1.29, 1.82) is 0 Å². The van der Waals surface area contributed by atoms with Gasteiger partial charge < -0.3 is 10.6 Å². The van der Waals surface area contributed by atoms with Crippen molar-refractivity contribution < 1.29 is 0 Å². The van der Waals surface area contributed by atoms with Gasteiger partial charge in [-0.25, -0.2) is 0 Å². The van der Waals surface area contributed by atoms with E-state index < -0.39 is 0 Å². The molecule has 4 rings (SSSR count). The molecule has 86 valence electrons. The fraction of sp³-hybridized carbons (Fsp3) is 0.538. The van der Waals surface area contributed by atoms with Crippen molar-refractivity contribution in [3.63, 3.8) is 0 Å². The summed E-state index contributed by atoms with van der Waals surface area (Å²) in [5, 5.41) is 0. The van der Waals surface area contributed by atoms with E-state index in [4.69, 9.17) is 5.73 Å². The smallest absolute Gasteiger partial charge is 0.0440 e. The van der Waals surface area contributed by atoms with E-state index in [-0.39, 0.29) is 0 Å². The van der Waals surface area contributed by atoms with Crippen LogP contribution in [0.3, 0.4) is 0 Å². The van der Waals surface area contributed by atoms with E-state index >= 15 is 0 Å². The molecule has 1 aliphatic carbocycles. The van der Waals surface area contributed by atoms with Crippen LogP contribution in [0.15, 0.2) is 28.7 Å². The van der Waals surface area contributed by atoms with Crippen LogP contribution >= 0.6 is 15.9 Å². The maximum absolute atomic E-state index is 5.93. The fourth-order valence-corrected chi connectivity index (χ4v) is 3.43. The third kappa shape index (κ3) is 1.66. The molecule has 0 aromatic heterocycles. The van der Waals surface area contributed by atoms with E-state index in [0.29, 0.717) is 6.04 Å². The summed E-state index contributed by atoms with van der Waals surface area (Å²) in [6.07, 6.45) is 2.80. The Bertz CT molecular complexity index is 370. The molecule has 2 nitrogen and oxygen atoms in total. The Morgan fingerprint density at radius 2 is 1.94 bits per heavy atom. The van der Waals surface area contributed by atoms with Crippen LogP contribution in [0.25, 0.3) is 0 Å². The molecule has 2 aliphatic heterocycles. The third-order valence-electron chi connectivity index (χ3n) is 4.07. The van der Waals surface area contributed by atoms with Crippen molar-refractivity contribution in [2.24, 2.45) is 17.6 Å². The molecule has 1 unspecified atom stereocenters. The highest BCUT2D eigenvalue weighted by molar-refractivity contribution is 9.10. The molecule has 2 saturated heterocycles. The molecule has 2 bridgehead atoms. The highest BCUT2D eigenvalue weighted by Gasteiger charge is 2.43. The largest absolute Gasteiger partial charge is 0.367 e. The number of nitrogens with zero attached hydrogens (tertiary/aromatic N) is 1. The molecule has 1 aromatic carbocycles. The van der Waals surface area contributed by atoms with Crippen molar-refractivity contribution in [3.8, 4) is 0 Å². The number of anilines is 1. The molecule has 3 heteroatoms. The fourth-order valence-electron chi connectivity index (χ4n) is 3.17. The van der Waals surface area contributed by atoms with Gasteiger partial charge in [0.15, 0.2) is 0 Å². The lowest BCUT2D eigenvalue weighted by atomic mass is 9.66. The number of benzene rings is 1. The van der Waals surface area contributed by atoms with E-state index in [1.54, 1.807) is 0 Å². The van der Waals surface area contributed by atoms with Crippen molar-refractivity contribution in [3.05, 3.63) is 28.7 Å². The summed E-state index contributed by atoms with van der Waals surface area (Å²) >= 11 is 3.48. The molecule has 16 heavy (non-hydrogen) atoms. The molecular weight excluding hydrogens is 264 g/mol. The van der Waals surface area contributed by atoms with Gasteiger partial charge in [0.2, 0.25) is 0 Å². The first-order chi connectivity index (χ1) is 7.78. The van der Waals surface area contributed by atoms with Gasteiger partial charge >= 0.3 is 0 Å². The second kappa shape index (κ2) is 4.04. The van der Waals surface area contributed by atoms with Crippen molar-refractivity contribution in [2.75, 3.05) is 18.0 Å². The Hall–Kier alpha value is -0.540. The monoisotopic (exact) mass is 280 g/mol. The molecule has 1 saturated carbocycles. The van der Waals surface area contributed by atoms with Crippen LogP contribution in [-0.4, -0.2) is 19.1 Å². The van der Waals surface area contributed by atoms with Gasteiger partial charge in [-0.1, -0.05) is 15.9 Å². The lowest BCUT2D eigenvalue weighted by Crippen LogP contribution is -2.58. The minimum atomic E-state index is 0.561. The van der Waals surface area contributed by atoms with Gasteiger partial charge in [-0.05, 0) is 48.9 Å². The molecule has 3 fully saturated rings. The van der Waals surface area contributed by atoms with E-state index in [9.17, 15) is 0 Å². The standard InChI is InChI=1S/C13H17BrN2/c14-11-1-3-12(4-2-11)16-8-9-5-10(6-9)13(16)7-15/h1-4,9-10,13H,5-8,15H2. The Morgan fingerprint density at radius 1 is 1.25 bits per heavy atom. The number of nitrogens with two attached hydrogens (primary N) is 1. The number of piperidine rings is 2. The van der Waals surface area contributed by atoms with Crippen molar-refractivity contribution in [1.82, 2.24) is 0 Å². The second-order valence-corrected chi connectivity index (χ2v) is 5.95. The number of hydrogen-bond acceptors (Lipinski definition) is 2. The number of hydrogen-bond donors (Lipinski definition) is 1. The summed E-state index contributed by atoms with van der Waals surface area (Å²) in [5.41, 5.74) is 7.25. The Labute approximate surface area is 105 Å². The average molecular weight is 281 g/mol. The SMILES string of the molecule is NCC1C2CC(C2)CN1c1ccc(Br)cc1. The van der Waals surface area contributed by atoms with Crippen LogP contribution in [-0.2, 0) is 0 Å². The van der Waals surface area contributed by atoms with Crippen LogP contribution in [0.1, 0.15) is 12.8 Å². The zero-order valence-electron chi connectivity index (χ0n) is 9.27. The third-order valence-corrected chi connectivity index (χ3v) is 4.60. The topological polar surface area (TPSA) is 29.3 Å². The average Bonchev–Trinajstić information content (AvgIpc) is 2.28. The number of fused-ring (bicyclic) bond motifs is 2. The zero-order valence-corrected chi connectivity index (χ0v) is 10.9. The molecule has 0 amide bonds. The lowest BCUT2D eigenvalue weighted by molar-refractivity contribution is 0.114. The summed E-state index contributed by atoms with van der Waals surface area (Å²) in [7, 11) is 0. The molecular formula is C13H17BrN2. The Morgan fingerprint density at radius 3 is 2.56 bits per heavy atom. The Balaban J connectivity index is 1.85. The zero-order chi connectivity index (χ0) is 11.1. The predicted octanol–water partition coefficient (Wildman–Crippen LogP) is 2.62. The van der Waals surface area contributed by atoms with Gasteiger partial charge in [0.05, 0.1) is 0 Å². The van der Waals surface area contributed by atoms with Gasteiger partial charge in [0, 0.05) is 29.3 Å². The summed E-state index contributed by atoms with van der Waals surface area (Å²) in [6.45, 7) is 1.98. The van der Waals surface area contributed by atoms with Gasteiger partial charge in [0.1, 0.15) is 0 Å². The summed E-state index contributed by atoms with van der Waals surface area (Å²) < 4.78 is 1.14. The molecule has 3 aliphatic rings. The van der Waals surface area contributed by atoms with E-state index in [0.717, 1.165) is 22.9 Å². The molecule has 1 atom stereocenters. The predicted molar refractivity (Wildman–Crippen MR) is 70.5 cm³/mol. The van der Waals surface area contributed by atoms with Crippen molar-refractivity contribution in [2.45, 2.75) is 18.9 Å². The summed E-state index contributed by atoms with van der Waals surface area (Å²) in [4.78, 5) is 2.51. The minimum Gasteiger partial charge on any atom is -0.367 e. The van der Waals surface area contributed by atoms with Crippen LogP contribution in [0.4, 0.5) is 5.69 Å². The van der Waals surface area contributed by atoms with E-state index in [1.165, 1.54) is 25.1 Å².